The molecule has 2 nitrogen and oxygen atoms in total. The van der Waals surface area contributed by atoms with Crippen molar-refractivity contribution in [2.75, 3.05) is 0 Å². The fourth-order valence-electron chi connectivity index (χ4n) is 7.49. The molecule has 0 spiro atoms. The fraction of sp³-hybridized carbons (Fsp3) is 0.824. The molecular weight excluding hydrogens is 359 g/mol. The van der Waals surface area contributed by atoms with Crippen molar-refractivity contribution < 1.29 is 0 Å². The highest BCUT2D eigenvalue weighted by Crippen LogP contribution is 2.73. The number of hydrogen-bond acceptors (Lipinski definition) is 1. The largest absolute Gasteiger partial charge is 0.271 e. The van der Waals surface area contributed by atoms with Crippen LogP contribution >= 0.6 is 22.6 Å². The number of halogens is 1. The summed E-state index contributed by atoms with van der Waals surface area (Å²) in [5, 5.41) is 4.57. The predicted molar refractivity (Wildman–Crippen MR) is 89.4 cm³/mol. The third-order valence-corrected chi connectivity index (χ3v) is 6.62. The molecule has 3 heteroatoms. The Kier molecular flexibility index (Phi) is 2.60. The quantitative estimate of drug-likeness (QED) is 0.665. The van der Waals surface area contributed by atoms with E-state index in [2.05, 4.69) is 59.3 Å². The molecule has 0 radical (unpaired) electrons. The Morgan fingerprint density at radius 2 is 1.50 bits per heavy atom. The standard InChI is InChI=1S/C17H25IN2/c1-14-6-15(2)8-16(3,7-14)11-17(9-14,10-15)12-20-5-13(18)4-19-20/h4-5H,6-12H2,1-3H3. The second kappa shape index (κ2) is 3.82. The van der Waals surface area contributed by atoms with E-state index in [-0.39, 0.29) is 0 Å². The van der Waals surface area contributed by atoms with Gasteiger partial charge >= 0.3 is 0 Å². The van der Waals surface area contributed by atoms with Crippen LogP contribution in [0.3, 0.4) is 0 Å². The van der Waals surface area contributed by atoms with Gasteiger partial charge in [-0.25, -0.2) is 0 Å². The van der Waals surface area contributed by atoms with Gasteiger partial charge in [-0.15, -0.1) is 0 Å². The van der Waals surface area contributed by atoms with Gasteiger partial charge in [0.05, 0.1) is 9.77 Å². The molecule has 5 rings (SSSR count). The highest BCUT2D eigenvalue weighted by molar-refractivity contribution is 14.1. The van der Waals surface area contributed by atoms with Crippen molar-refractivity contribution in [1.82, 2.24) is 9.78 Å². The van der Waals surface area contributed by atoms with E-state index in [4.69, 9.17) is 0 Å². The summed E-state index contributed by atoms with van der Waals surface area (Å²) in [6.45, 7) is 8.81. The molecule has 1 aromatic rings. The monoisotopic (exact) mass is 384 g/mol. The first kappa shape index (κ1) is 13.6. The number of aromatic nitrogens is 2. The third-order valence-electron chi connectivity index (χ3n) is 6.07. The second-order valence-corrected chi connectivity index (χ2v) is 10.6. The smallest absolute Gasteiger partial charge is 0.0623 e. The highest BCUT2D eigenvalue weighted by atomic mass is 127. The zero-order chi connectivity index (χ0) is 14.2. The highest BCUT2D eigenvalue weighted by Gasteiger charge is 2.63. The lowest BCUT2D eigenvalue weighted by molar-refractivity contribution is -0.188. The van der Waals surface area contributed by atoms with Gasteiger partial charge in [0.1, 0.15) is 0 Å². The van der Waals surface area contributed by atoms with Crippen molar-refractivity contribution in [1.29, 1.82) is 0 Å². The van der Waals surface area contributed by atoms with E-state index in [0.717, 1.165) is 6.54 Å². The molecule has 0 aromatic carbocycles. The zero-order valence-electron chi connectivity index (χ0n) is 12.9. The van der Waals surface area contributed by atoms with Crippen LogP contribution in [0.4, 0.5) is 0 Å². The first-order chi connectivity index (χ1) is 9.21. The minimum atomic E-state index is 0.502. The minimum Gasteiger partial charge on any atom is -0.271 e. The van der Waals surface area contributed by atoms with Crippen molar-refractivity contribution in [3.05, 3.63) is 16.0 Å². The molecule has 110 valence electrons. The topological polar surface area (TPSA) is 17.8 Å². The summed E-state index contributed by atoms with van der Waals surface area (Å²) in [7, 11) is 0. The summed E-state index contributed by atoms with van der Waals surface area (Å²) < 4.78 is 3.47. The summed E-state index contributed by atoms with van der Waals surface area (Å²) in [5.41, 5.74) is 2.25. The lowest BCUT2D eigenvalue weighted by Crippen LogP contribution is -2.59. The van der Waals surface area contributed by atoms with Gasteiger partial charge in [0.15, 0.2) is 0 Å². The number of nitrogens with zero attached hydrogens (tertiary/aromatic N) is 2. The van der Waals surface area contributed by atoms with Crippen LogP contribution in [0, 0.1) is 25.2 Å². The third kappa shape index (κ3) is 2.06. The molecule has 4 fully saturated rings. The van der Waals surface area contributed by atoms with Crippen LogP contribution < -0.4 is 0 Å². The van der Waals surface area contributed by atoms with Gasteiger partial charge in [0.2, 0.25) is 0 Å². The predicted octanol–water partition coefficient (Wildman–Crippen LogP) is 4.87. The Morgan fingerprint density at radius 3 is 1.90 bits per heavy atom. The van der Waals surface area contributed by atoms with Gasteiger partial charge in [-0.2, -0.15) is 5.10 Å². The van der Waals surface area contributed by atoms with Gasteiger partial charge < -0.3 is 0 Å². The van der Waals surface area contributed by atoms with Gasteiger partial charge in [-0.1, -0.05) is 20.8 Å². The van der Waals surface area contributed by atoms with E-state index in [0.29, 0.717) is 21.7 Å². The molecular formula is C17H25IN2. The van der Waals surface area contributed by atoms with Crippen LogP contribution in [0.25, 0.3) is 0 Å². The van der Waals surface area contributed by atoms with Gasteiger partial charge in [-0.05, 0) is 82.8 Å². The molecule has 20 heavy (non-hydrogen) atoms. The maximum Gasteiger partial charge on any atom is 0.0623 e. The minimum absolute atomic E-state index is 0.502. The van der Waals surface area contributed by atoms with Crippen molar-refractivity contribution in [2.45, 2.75) is 65.8 Å². The Balaban J connectivity index is 1.71. The van der Waals surface area contributed by atoms with Crippen LogP contribution in [0.15, 0.2) is 12.4 Å². The SMILES string of the molecule is CC12CC3(C)CC(C)(C1)CC(Cn1cc(I)cn1)(C2)C3. The molecule has 4 saturated carbocycles. The van der Waals surface area contributed by atoms with Crippen molar-refractivity contribution >= 4 is 22.6 Å². The fourth-order valence-corrected chi connectivity index (χ4v) is 7.94. The molecule has 1 heterocycles. The summed E-state index contributed by atoms with van der Waals surface area (Å²) in [6, 6.07) is 0. The molecule has 4 bridgehead atoms. The van der Waals surface area contributed by atoms with E-state index in [9.17, 15) is 0 Å². The molecule has 4 aliphatic rings. The van der Waals surface area contributed by atoms with E-state index >= 15 is 0 Å². The van der Waals surface area contributed by atoms with Gasteiger partial charge in [-0.3, -0.25) is 4.68 Å². The maximum absolute atomic E-state index is 4.57. The summed E-state index contributed by atoms with van der Waals surface area (Å²) in [4.78, 5) is 0. The molecule has 0 amide bonds. The van der Waals surface area contributed by atoms with Crippen molar-refractivity contribution in [3.8, 4) is 0 Å². The molecule has 4 aliphatic carbocycles. The van der Waals surface area contributed by atoms with Crippen LogP contribution in [-0.2, 0) is 6.54 Å². The molecule has 0 N–H and O–H groups in total. The summed E-state index contributed by atoms with van der Waals surface area (Å²) >= 11 is 2.37. The Bertz CT molecular complexity index is 508. The Hall–Kier alpha value is -0.0600. The first-order valence-corrected chi connectivity index (χ1v) is 8.97. The lowest BCUT2D eigenvalue weighted by Gasteiger charge is -2.69. The molecule has 1 aromatic heterocycles. The average Bonchev–Trinajstić information content (AvgIpc) is 2.54. The van der Waals surface area contributed by atoms with Crippen LogP contribution in [0.2, 0.25) is 0 Å². The number of rotatable bonds is 2. The second-order valence-electron chi connectivity index (χ2n) is 9.35. The van der Waals surface area contributed by atoms with Crippen molar-refractivity contribution in [2.24, 2.45) is 21.7 Å². The zero-order valence-corrected chi connectivity index (χ0v) is 15.0. The molecule has 0 unspecified atom stereocenters. The Morgan fingerprint density at radius 1 is 1.00 bits per heavy atom. The molecule has 0 saturated heterocycles. The summed E-state index contributed by atoms with van der Waals surface area (Å²) in [6.07, 6.45) is 12.8. The Labute approximate surface area is 135 Å². The maximum atomic E-state index is 4.57. The molecule has 0 atom stereocenters. The van der Waals surface area contributed by atoms with Gasteiger partial charge in [0.25, 0.3) is 0 Å². The normalized spacial score (nSPS) is 49.8. The summed E-state index contributed by atoms with van der Waals surface area (Å²) in [5.74, 6) is 0. The van der Waals surface area contributed by atoms with Crippen LogP contribution in [0.5, 0.6) is 0 Å². The molecule has 0 aliphatic heterocycles. The van der Waals surface area contributed by atoms with E-state index < -0.39 is 0 Å². The van der Waals surface area contributed by atoms with Gasteiger partial charge in [0, 0.05) is 12.7 Å². The average molecular weight is 384 g/mol. The lowest BCUT2D eigenvalue weighted by atomic mass is 9.36. The first-order valence-electron chi connectivity index (χ1n) is 7.90. The van der Waals surface area contributed by atoms with Crippen molar-refractivity contribution in [3.63, 3.8) is 0 Å². The van der Waals surface area contributed by atoms with E-state index in [1.807, 2.05) is 6.20 Å². The van der Waals surface area contributed by atoms with Crippen LogP contribution in [0.1, 0.15) is 59.3 Å². The number of hydrogen-bond donors (Lipinski definition) is 0. The van der Waals surface area contributed by atoms with Crippen LogP contribution in [-0.4, -0.2) is 9.78 Å². The van der Waals surface area contributed by atoms with E-state index in [1.54, 1.807) is 0 Å². The van der Waals surface area contributed by atoms with E-state index in [1.165, 1.54) is 42.1 Å².